The molecular formula is C11H10BrN3O3S. The van der Waals surface area contributed by atoms with Crippen LogP contribution in [0.5, 0.6) is 0 Å². The number of H-pyrrole nitrogens is 1. The first-order valence-electron chi connectivity index (χ1n) is 5.23. The second kappa shape index (κ2) is 5.14. The van der Waals surface area contributed by atoms with E-state index in [1.54, 1.807) is 13.0 Å². The van der Waals surface area contributed by atoms with Gasteiger partial charge in [0.15, 0.2) is 5.82 Å². The normalized spacial score (nSPS) is 11.3. The van der Waals surface area contributed by atoms with Crippen molar-refractivity contribution in [3.05, 3.63) is 50.7 Å². The van der Waals surface area contributed by atoms with E-state index in [1.165, 1.54) is 24.3 Å². The third kappa shape index (κ3) is 3.21. The van der Waals surface area contributed by atoms with Crippen LogP contribution in [0.3, 0.4) is 0 Å². The van der Waals surface area contributed by atoms with Crippen molar-refractivity contribution in [3.63, 3.8) is 0 Å². The number of rotatable bonds is 3. The van der Waals surface area contributed by atoms with Crippen molar-refractivity contribution in [2.24, 2.45) is 0 Å². The lowest BCUT2D eigenvalue weighted by molar-refractivity contribution is 0.601. The van der Waals surface area contributed by atoms with Crippen LogP contribution >= 0.6 is 15.9 Å². The molecule has 0 spiro atoms. The molecule has 0 saturated carbocycles. The number of benzene rings is 1. The van der Waals surface area contributed by atoms with E-state index in [4.69, 9.17) is 0 Å². The average Bonchev–Trinajstić information content (AvgIpc) is 2.35. The van der Waals surface area contributed by atoms with Crippen LogP contribution in [0.15, 0.2) is 44.5 Å². The molecule has 1 aromatic carbocycles. The van der Waals surface area contributed by atoms with Crippen LogP contribution < -0.4 is 10.3 Å². The molecule has 0 radical (unpaired) electrons. The van der Waals surface area contributed by atoms with Crippen molar-refractivity contribution < 1.29 is 8.42 Å². The van der Waals surface area contributed by atoms with Gasteiger partial charge in [-0.05, 0) is 36.8 Å². The number of halogens is 1. The summed E-state index contributed by atoms with van der Waals surface area (Å²) in [6, 6.07) is 7.16. The first kappa shape index (κ1) is 13.8. The van der Waals surface area contributed by atoms with Crippen molar-refractivity contribution in [1.82, 2.24) is 10.2 Å². The Kier molecular flexibility index (Phi) is 3.72. The molecule has 8 heteroatoms. The zero-order chi connectivity index (χ0) is 14.0. The molecular weight excluding hydrogens is 334 g/mol. The minimum Gasteiger partial charge on any atom is -0.268 e. The Morgan fingerprint density at radius 2 is 2.00 bits per heavy atom. The summed E-state index contributed by atoms with van der Waals surface area (Å²) in [5.74, 6) is 0.0557. The van der Waals surface area contributed by atoms with Gasteiger partial charge in [-0.2, -0.15) is 5.10 Å². The van der Waals surface area contributed by atoms with Gasteiger partial charge in [-0.3, -0.25) is 9.52 Å². The van der Waals surface area contributed by atoms with Crippen molar-refractivity contribution in [2.45, 2.75) is 11.8 Å². The Morgan fingerprint density at radius 3 is 2.58 bits per heavy atom. The molecule has 0 amide bonds. The Bertz CT molecular complexity index is 751. The fourth-order valence-corrected chi connectivity index (χ4v) is 2.71. The van der Waals surface area contributed by atoms with Crippen LogP contribution in [0.4, 0.5) is 5.82 Å². The number of nitrogens with one attached hydrogen (secondary N) is 2. The highest BCUT2D eigenvalue weighted by Crippen LogP contribution is 2.21. The smallest absolute Gasteiger partial charge is 0.264 e. The van der Waals surface area contributed by atoms with Gasteiger partial charge in [0.2, 0.25) is 0 Å². The molecule has 0 aliphatic heterocycles. The van der Waals surface area contributed by atoms with Crippen molar-refractivity contribution in [1.29, 1.82) is 0 Å². The summed E-state index contributed by atoms with van der Waals surface area (Å²) in [6.07, 6.45) is 0. The first-order chi connectivity index (χ1) is 8.88. The quantitative estimate of drug-likeness (QED) is 0.885. The van der Waals surface area contributed by atoms with E-state index in [0.717, 1.165) is 10.0 Å². The lowest BCUT2D eigenvalue weighted by Gasteiger charge is -2.08. The largest absolute Gasteiger partial charge is 0.268 e. The van der Waals surface area contributed by atoms with Crippen LogP contribution in [-0.4, -0.2) is 18.6 Å². The minimum atomic E-state index is -3.72. The van der Waals surface area contributed by atoms with Gasteiger partial charge >= 0.3 is 0 Å². The molecule has 0 unspecified atom stereocenters. The van der Waals surface area contributed by atoms with E-state index in [9.17, 15) is 13.2 Å². The van der Waals surface area contributed by atoms with Gasteiger partial charge in [-0.25, -0.2) is 13.5 Å². The van der Waals surface area contributed by atoms with Crippen LogP contribution in [0.1, 0.15) is 5.56 Å². The van der Waals surface area contributed by atoms with Crippen LogP contribution in [0.25, 0.3) is 0 Å². The summed E-state index contributed by atoms with van der Waals surface area (Å²) in [4.78, 5) is 11.0. The number of hydrogen-bond donors (Lipinski definition) is 2. The molecule has 2 N–H and O–H groups in total. The van der Waals surface area contributed by atoms with E-state index < -0.39 is 15.6 Å². The van der Waals surface area contributed by atoms with E-state index in [-0.39, 0.29) is 10.7 Å². The monoisotopic (exact) mass is 343 g/mol. The van der Waals surface area contributed by atoms with Gasteiger partial charge in [-0.1, -0.05) is 15.9 Å². The molecule has 0 bridgehead atoms. The fourth-order valence-electron chi connectivity index (χ4n) is 1.38. The third-order valence-electron chi connectivity index (χ3n) is 2.36. The van der Waals surface area contributed by atoms with Crippen molar-refractivity contribution in [2.75, 3.05) is 4.72 Å². The maximum atomic E-state index is 12.1. The van der Waals surface area contributed by atoms with Gasteiger partial charge in [0.25, 0.3) is 15.6 Å². The topological polar surface area (TPSA) is 91.9 Å². The van der Waals surface area contributed by atoms with Crippen molar-refractivity contribution >= 4 is 31.8 Å². The Morgan fingerprint density at radius 1 is 1.26 bits per heavy atom. The molecule has 6 nitrogen and oxygen atoms in total. The highest BCUT2D eigenvalue weighted by Gasteiger charge is 2.15. The van der Waals surface area contributed by atoms with E-state index in [1.807, 2.05) is 0 Å². The second-order valence-electron chi connectivity index (χ2n) is 3.82. The highest BCUT2D eigenvalue weighted by atomic mass is 79.9. The Hall–Kier alpha value is -1.67. The molecule has 1 aromatic heterocycles. The molecule has 0 aliphatic carbocycles. The van der Waals surface area contributed by atoms with Gasteiger partial charge < -0.3 is 0 Å². The Balaban J connectivity index is 2.34. The summed E-state index contributed by atoms with van der Waals surface area (Å²) >= 11 is 3.30. The van der Waals surface area contributed by atoms with E-state index in [2.05, 4.69) is 30.8 Å². The molecule has 1 heterocycles. The average molecular weight is 344 g/mol. The van der Waals surface area contributed by atoms with Gasteiger partial charge in [0, 0.05) is 10.5 Å². The summed E-state index contributed by atoms with van der Waals surface area (Å²) < 4.78 is 27.3. The van der Waals surface area contributed by atoms with Crippen LogP contribution in [0, 0.1) is 6.92 Å². The lowest BCUT2D eigenvalue weighted by Crippen LogP contribution is -2.16. The molecule has 0 fully saturated rings. The summed E-state index contributed by atoms with van der Waals surface area (Å²) in [6.45, 7) is 1.79. The Labute approximate surface area is 118 Å². The molecule has 0 atom stereocenters. The summed E-state index contributed by atoms with van der Waals surface area (Å²) in [5, 5.41) is 5.75. The number of hydrogen-bond acceptors (Lipinski definition) is 4. The zero-order valence-corrected chi connectivity index (χ0v) is 12.2. The zero-order valence-electron chi connectivity index (χ0n) is 9.84. The maximum Gasteiger partial charge on any atom is 0.264 e. The number of nitrogens with zero attached hydrogens (tertiary/aromatic N) is 1. The number of aromatic nitrogens is 2. The number of anilines is 1. The van der Waals surface area contributed by atoms with Crippen LogP contribution in [-0.2, 0) is 10.0 Å². The molecule has 2 rings (SSSR count). The van der Waals surface area contributed by atoms with E-state index in [0.29, 0.717) is 0 Å². The molecule has 0 aliphatic rings. The second-order valence-corrected chi connectivity index (χ2v) is 6.36. The van der Waals surface area contributed by atoms with Gasteiger partial charge in [-0.15, -0.1) is 0 Å². The molecule has 0 saturated heterocycles. The summed E-state index contributed by atoms with van der Waals surface area (Å²) in [7, 11) is -3.72. The number of aryl methyl sites for hydroxylation is 1. The molecule has 2 aromatic rings. The molecule has 19 heavy (non-hydrogen) atoms. The fraction of sp³-hybridized carbons (Fsp3) is 0.0909. The molecule has 100 valence electrons. The highest BCUT2D eigenvalue weighted by molar-refractivity contribution is 9.10. The lowest BCUT2D eigenvalue weighted by atomic mass is 10.2. The maximum absolute atomic E-state index is 12.1. The number of sulfonamides is 1. The van der Waals surface area contributed by atoms with E-state index >= 15 is 0 Å². The van der Waals surface area contributed by atoms with Crippen LogP contribution in [0.2, 0.25) is 0 Å². The third-order valence-corrected chi connectivity index (χ3v) is 4.60. The number of aromatic amines is 1. The van der Waals surface area contributed by atoms with Gasteiger partial charge in [0.1, 0.15) is 0 Å². The SMILES string of the molecule is Cc1cc(S(=O)(=O)Nc2ccc(=O)[nH]n2)ccc1Br. The predicted molar refractivity (Wildman–Crippen MR) is 74.5 cm³/mol. The predicted octanol–water partition coefficient (Wildman–Crippen LogP) is 1.64. The minimum absolute atomic E-state index is 0.0557. The van der Waals surface area contributed by atoms with Gasteiger partial charge in [0.05, 0.1) is 4.90 Å². The van der Waals surface area contributed by atoms with Crippen molar-refractivity contribution in [3.8, 4) is 0 Å². The summed E-state index contributed by atoms with van der Waals surface area (Å²) in [5.41, 5.74) is 0.403. The first-order valence-corrected chi connectivity index (χ1v) is 7.51. The standard InChI is InChI=1S/C11H10BrN3O3S/c1-7-6-8(2-3-9(7)12)19(17,18)15-10-4-5-11(16)14-13-10/h2-6H,1H3,(H,13,15)(H,14,16).